The summed E-state index contributed by atoms with van der Waals surface area (Å²) in [6, 6.07) is 15.6. The zero-order valence-corrected chi connectivity index (χ0v) is 16.5. The van der Waals surface area contributed by atoms with Gasteiger partial charge in [-0.25, -0.2) is 5.43 Å². The van der Waals surface area contributed by atoms with E-state index in [0.717, 1.165) is 38.3 Å². The maximum Gasteiger partial charge on any atom is 0.254 e. The van der Waals surface area contributed by atoms with Crippen LogP contribution in [0.5, 0.6) is 0 Å². The number of piperazine rings is 1. The molecule has 0 radical (unpaired) electrons. The number of benzene rings is 2. The summed E-state index contributed by atoms with van der Waals surface area (Å²) in [5.41, 5.74) is 4.66. The Hall–Kier alpha value is -1.92. The van der Waals surface area contributed by atoms with Crippen LogP contribution in [0.15, 0.2) is 53.6 Å². The lowest BCUT2D eigenvalue weighted by molar-refractivity contribution is -0.122. The van der Waals surface area contributed by atoms with Gasteiger partial charge in [0.05, 0.1) is 22.8 Å². The zero-order valence-electron chi connectivity index (χ0n) is 14.9. The van der Waals surface area contributed by atoms with Crippen molar-refractivity contribution in [3.05, 3.63) is 69.7 Å². The molecule has 7 heteroatoms. The normalized spacial score (nSPS) is 15.9. The minimum absolute atomic E-state index is 0.122. The van der Waals surface area contributed by atoms with Crippen LogP contribution >= 0.6 is 23.2 Å². The highest BCUT2D eigenvalue weighted by molar-refractivity contribution is 6.42. The van der Waals surface area contributed by atoms with Crippen LogP contribution in [0.2, 0.25) is 10.0 Å². The lowest BCUT2D eigenvalue weighted by atomic mass is 10.2. The van der Waals surface area contributed by atoms with E-state index in [-0.39, 0.29) is 5.91 Å². The minimum atomic E-state index is -0.122. The molecular weight excluding hydrogens is 383 g/mol. The molecule has 5 nitrogen and oxygen atoms in total. The average molecular weight is 405 g/mol. The number of halogens is 2. The van der Waals surface area contributed by atoms with Gasteiger partial charge < -0.3 is 0 Å². The number of nitrogens with one attached hydrogen (secondary N) is 1. The smallest absolute Gasteiger partial charge is 0.254 e. The van der Waals surface area contributed by atoms with E-state index in [1.54, 1.807) is 24.4 Å². The number of hydrogen-bond donors (Lipinski definition) is 1. The topological polar surface area (TPSA) is 47.9 Å². The van der Waals surface area contributed by atoms with Crippen LogP contribution in [0.25, 0.3) is 0 Å². The summed E-state index contributed by atoms with van der Waals surface area (Å²) in [5, 5.41) is 4.93. The van der Waals surface area contributed by atoms with Gasteiger partial charge in [-0.1, -0.05) is 59.6 Å². The highest BCUT2D eigenvalue weighted by Gasteiger charge is 2.18. The van der Waals surface area contributed by atoms with E-state index in [1.807, 2.05) is 6.07 Å². The Morgan fingerprint density at radius 3 is 2.41 bits per heavy atom. The van der Waals surface area contributed by atoms with Crippen LogP contribution in [0, 0.1) is 0 Å². The molecule has 0 spiro atoms. The molecule has 142 valence electrons. The van der Waals surface area contributed by atoms with Gasteiger partial charge in [0.1, 0.15) is 0 Å². The number of hydrazone groups is 1. The van der Waals surface area contributed by atoms with Crippen molar-refractivity contribution in [2.45, 2.75) is 6.54 Å². The fourth-order valence-electron chi connectivity index (χ4n) is 2.96. The van der Waals surface area contributed by atoms with Crippen molar-refractivity contribution in [2.75, 3.05) is 32.7 Å². The summed E-state index contributed by atoms with van der Waals surface area (Å²) in [5.74, 6) is -0.122. The van der Waals surface area contributed by atoms with Gasteiger partial charge in [-0.05, 0) is 23.3 Å². The van der Waals surface area contributed by atoms with Crippen LogP contribution in [0.1, 0.15) is 11.1 Å². The first-order valence-corrected chi connectivity index (χ1v) is 9.61. The Labute approximate surface area is 169 Å². The van der Waals surface area contributed by atoms with Crippen molar-refractivity contribution >= 4 is 35.3 Å². The Morgan fingerprint density at radius 1 is 1.00 bits per heavy atom. The highest BCUT2D eigenvalue weighted by atomic mass is 35.5. The van der Waals surface area contributed by atoms with Crippen LogP contribution in [-0.4, -0.2) is 54.6 Å². The molecule has 0 saturated carbocycles. The highest BCUT2D eigenvalue weighted by Crippen LogP contribution is 2.21. The number of nitrogens with zero attached hydrogens (tertiary/aromatic N) is 3. The summed E-state index contributed by atoms with van der Waals surface area (Å²) < 4.78 is 0. The third-order valence-corrected chi connectivity index (χ3v) is 5.17. The molecule has 1 aliphatic rings. The van der Waals surface area contributed by atoms with Crippen molar-refractivity contribution < 1.29 is 4.79 Å². The van der Waals surface area contributed by atoms with Gasteiger partial charge in [-0.3, -0.25) is 14.6 Å². The van der Waals surface area contributed by atoms with Gasteiger partial charge in [-0.2, -0.15) is 5.10 Å². The van der Waals surface area contributed by atoms with E-state index in [1.165, 1.54) is 5.56 Å². The summed E-state index contributed by atoms with van der Waals surface area (Å²) in [6.07, 6.45) is 1.55. The fraction of sp³-hybridized carbons (Fsp3) is 0.300. The molecule has 27 heavy (non-hydrogen) atoms. The van der Waals surface area contributed by atoms with Crippen LogP contribution in [-0.2, 0) is 11.3 Å². The molecule has 1 N–H and O–H groups in total. The van der Waals surface area contributed by atoms with Crippen molar-refractivity contribution in [3.63, 3.8) is 0 Å². The first kappa shape index (κ1) is 19.8. The van der Waals surface area contributed by atoms with E-state index >= 15 is 0 Å². The third kappa shape index (κ3) is 6.33. The first-order chi connectivity index (χ1) is 13.1. The molecule has 1 saturated heterocycles. The Bertz CT molecular complexity index is 790. The maximum atomic E-state index is 12.1. The maximum absolute atomic E-state index is 12.1. The van der Waals surface area contributed by atoms with Gasteiger partial charge in [0.15, 0.2) is 0 Å². The second kappa shape index (κ2) is 9.85. The molecule has 1 amide bonds. The number of rotatable bonds is 6. The van der Waals surface area contributed by atoms with E-state index in [0.29, 0.717) is 16.6 Å². The molecular formula is C20H22Cl2N4O. The molecule has 2 aromatic rings. The summed E-state index contributed by atoms with van der Waals surface area (Å²) in [7, 11) is 0. The predicted octanol–water partition coefficient (Wildman–Crippen LogP) is 3.26. The molecule has 3 rings (SSSR count). The van der Waals surface area contributed by atoms with Gasteiger partial charge in [0, 0.05) is 32.7 Å². The van der Waals surface area contributed by atoms with Crippen molar-refractivity contribution in [1.82, 2.24) is 15.2 Å². The third-order valence-electron chi connectivity index (χ3n) is 4.43. The lowest BCUT2D eigenvalue weighted by Gasteiger charge is -2.34. The quantitative estimate of drug-likeness (QED) is 0.593. The molecule has 2 aromatic carbocycles. The minimum Gasteiger partial charge on any atom is -0.297 e. The van der Waals surface area contributed by atoms with Crippen LogP contribution < -0.4 is 5.43 Å². The Kier molecular flexibility index (Phi) is 7.24. The van der Waals surface area contributed by atoms with E-state index in [2.05, 4.69) is 44.6 Å². The molecule has 0 aliphatic carbocycles. The number of amides is 1. The molecule has 1 heterocycles. The SMILES string of the molecule is O=C(CN1CCN(Cc2ccccc2)CC1)NN=Cc1ccc(Cl)c(Cl)c1. The average Bonchev–Trinajstić information content (AvgIpc) is 2.67. The second-order valence-corrected chi connectivity index (χ2v) is 7.32. The molecule has 0 unspecified atom stereocenters. The van der Waals surface area contributed by atoms with Crippen LogP contribution in [0.4, 0.5) is 0 Å². The first-order valence-electron chi connectivity index (χ1n) is 8.86. The summed E-state index contributed by atoms with van der Waals surface area (Å²) in [6.45, 7) is 4.95. The number of carbonyl (C=O) groups is 1. The van der Waals surface area contributed by atoms with Crippen molar-refractivity contribution in [3.8, 4) is 0 Å². The molecule has 1 aliphatic heterocycles. The van der Waals surface area contributed by atoms with Crippen LogP contribution in [0.3, 0.4) is 0 Å². The van der Waals surface area contributed by atoms with E-state index in [4.69, 9.17) is 23.2 Å². The Morgan fingerprint density at radius 2 is 1.70 bits per heavy atom. The largest absolute Gasteiger partial charge is 0.297 e. The molecule has 0 aromatic heterocycles. The van der Waals surface area contributed by atoms with Gasteiger partial charge in [0.25, 0.3) is 5.91 Å². The lowest BCUT2D eigenvalue weighted by Crippen LogP contribution is -2.48. The van der Waals surface area contributed by atoms with E-state index in [9.17, 15) is 4.79 Å². The Balaban J connectivity index is 1.39. The summed E-state index contributed by atoms with van der Waals surface area (Å²) in [4.78, 5) is 16.6. The monoisotopic (exact) mass is 404 g/mol. The van der Waals surface area contributed by atoms with Crippen molar-refractivity contribution in [1.29, 1.82) is 0 Å². The summed E-state index contributed by atoms with van der Waals surface area (Å²) >= 11 is 11.8. The van der Waals surface area contributed by atoms with Gasteiger partial charge >= 0.3 is 0 Å². The second-order valence-electron chi connectivity index (χ2n) is 6.50. The molecule has 0 atom stereocenters. The van der Waals surface area contributed by atoms with E-state index < -0.39 is 0 Å². The number of carbonyl (C=O) groups excluding carboxylic acids is 1. The molecule has 0 bridgehead atoms. The van der Waals surface area contributed by atoms with Gasteiger partial charge in [-0.15, -0.1) is 0 Å². The van der Waals surface area contributed by atoms with Crippen molar-refractivity contribution in [2.24, 2.45) is 5.10 Å². The fourth-order valence-corrected chi connectivity index (χ4v) is 3.26. The van der Waals surface area contributed by atoms with Gasteiger partial charge in [0.2, 0.25) is 0 Å². The zero-order chi connectivity index (χ0) is 19.1. The predicted molar refractivity (Wildman–Crippen MR) is 110 cm³/mol. The molecule has 1 fully saturated rings. The standard InChI is InChI=1S/C20H22Cl2N4O/c21-18-7-6-17(12-19(18)22)13-23-24-20(27)15-26-10-8-25(9-11-26)14-16-4-2-1-3-5-16/h1-7,12-13H,8-11,14-15H2,(H,24,27). The number of hydrogen-bond acceptors (Lipinski definition) is 4.